The molecule has 5 heteroatoms. The lowest BCUT2D eigenvalue weighted by Crippen LogP contribution is -2.05. The Labute approximate surface area is 161 Å². The number of ether oxygens (including phenoxy) is 1. The molecular formula is C23H17N3O2. The summed E-state index contributed by atoms with van der Waals surface area (Å²) >= 11 is 0. The van der Waals surface area contributed by atoms with E-state index in [4.69, 9.17) is 9.72 Å². The molecule has 5 nitrogen and oxygen atoms in total. The van der Waals surface area contributed by atoms with Crippen LogP contribution in [-0.4, -0.2) is 28.0 Å². The third-order valence-corrected chi connectivity index (χ3v) is 4.98. The summed E-state index contributed by atoms with van der Waals surface area (Å²) in [7, 11) is 1.36. The number of rotatable bonds is 2. The number of hydrogen-bond donors (Lipinski definition) is 1. The van der Waals surface area contributed by atoms with E-state index < -0.39 is 5.97 Å². The summed E-state index contributed by atoms with van der Waals surface area (Å²) in [5.41, 5.74) is 5.49. The van der Waals surface area contributed by atoms with E-state index in [1.807, 2.05) is 49.4 Å². The van der Waals surface area contributed by atoms with Crippen molar-refractivity contribution in [2.75, 3.05) is 7.11 Å². The fourth-order valence-corrected chi connectivity index (χ4v) is 3.60. The molecule has 0 aliphatic rings. The van der Waals surface area contributed by atoms with Crippen LogP contribution in [0.15, 0.2) is 60.7 Å². The molecule has 0 radical (unpaired) electrons. The first-order valence-corrected chi connectivity index (χ1v) is 9.01. The van der Waals surface area contributed by atoms with Gasteiger partial charge >= 0.3 is 5.97 Å². The van der Waals surface area contributed by atoms with Gasteiger partial charge in [-0.15, -0.1) is 0 Å². The van der Waals surface area contributed by atoms with Crippen LogP contribution in [0.25, 0.3) is 44.1 Å². The van der Waals surface area contributed by atoms with Gasteiger partial charge in [0.1, 0.15) is 11.4 Å². The van der Waals surface area contributed by atoms with E-state index in [0.29, 0.717) is 11.4 Å². The number of nitrogens with zero attached hydrogens (tertiary/aromatic N) is 2. The summed E-state index contributed by atoms with van der Waals surface area (Å²) in [5, 5.41) is 3.03. The Morgan fingerprint density at radius 1 is 0.964 bits per heavy atom. The third-order valence-electron chi connectivity index (χ3n) is 4.98. The van der Waals surface area contributed by atoms with E-state index in [9.17, 15) is 4.79 Å². The van der Waals surface area contributed by atoms with Crippen LogP contribution < -0.4 is 0 Å². The van der Waals surface area contributed by atoms with Gasteiger partial charge in [0.15, 0.2) is 0 Å². The molecule has 0 aliphatic carbocycles. The maximum atomic E-state index is 12.3. The van der Waals surface area contributed by atoms with Crippen LogP contribution >= 0.6 is 0 Å². The SMILES string of the molecule is COC(=O)c1cc2c([nH]c3ccc(C)cc32)c(-c2ccc3ccccc3n2)n1. The highest BCUT2D eigenvalue weighted by Gasteiger charge is 2.18. The van der Waals surface area contributed by atoms with E-state index in [0.717, 1.165) is 38.3 Å². The van der Waals surface area contributed by atoms with Gasteiger partial charge in [0.2, 0.25) is 0 Å². The van der Waals surface area contributed by atoms with Crippen molar-refractivity contribution in [2.24, 2.45) is 0 Å². The molecule has 3 heterocycles. The molecule has 5 aromatic rings. The van der Waals surface area contributed by atoms with Gasteiger partial charge in [-0.05, 0) is 37.3 Å². The van der Waals surface area contributed by atoms with Gasteiger partial charge in [-0.25, -0.2) is 14.8 Å². The lowest BCUT2D eigenvalue weighted by Gasteiger charge is -2.07. The monoisotopic (exact) mass is 367 g/mol. The van der Waals surface area contributed by atoms with E-state index in [-0.39, 0.29) is 5.69 Å². The predicted octanol–water partition coefficient (Wildman–Crippen LogP) is 5.03. The van der Waals surface area contributed by atoms with Crippen LogP contribution in [0.3, 0.4) is 0 Å². The van der Waals surface area contributed by atoms with Crippen molar-refractivity contribution in [3.05, 3.63) is 71.9 Å². The molecule has 0 unspecified atom stereocenters. The minimum absolute atomic E-state index is 0.266. The number of aromatic nitrogens is 3. The summed E-state index contributed by atoms with van der Waals surface area (Å²) < 4.78 is 4.93. The van der Waals surface area contributed by atoms with Gasteiger partial charge in [0.05, 0.1) is 23.8 Å². The van der Waals surface area contributed by atoms with Crippen LogP contribution in [0.2, 0.25) is 0 Å². The van der Waals surface area contributed by atoms with Crippen molar-refractivity contribution in [2.45, 2.75) is 6.92 Å². The molecule has 3 aromatic heterocycles. The minimum Gasteiger partial charge on any atom is -0.464 e. The van der Waals surface area contributed by atoms with Crippen molar-refractivity contribution in [3.8, 4) is 11.4 Å². The third kappa shape index (κ3) is 2.52. The summed E-state index contributed by atoms with van der Waals surface area (Å²) in [4.78, 5) is 25.1. The first-order valence-electron chi connectivity index (χ1n) is 9.01. The number of hydrogen-bond acceptors (Lipinski definition) is 4. The Bertz CT molecular complexity index is 1390. The highest BCUT2D eigenvalue weighted by Crippen LogP contribution is 2.33. The highest BCUT2D eigenvalue weighted by molar-refractivity contribution is 6.12. The van der Waals surface area contributed by atoms with Gasteiger partial charge < -0.3 is 9.72 Å². The van der Waals surface area contributed by atoms with E-state index in [1.54, 1.807) is 6.07 Å². The number of aryl methyl sites for hydroxylation is 1. The highest BCUT2D eigenvalue weighted by atomic mass is 16.5. The summed E-state index contributed by atoms with van der Waals surface area (Å²) in [6, 6.07) is 19.9. The Morgan fingerprint density at radius 3 is 2.68 bits per heavy atom. The molecule has 0 saturated heterocycles. The summed E-state index contributed by atoms with van der Waals surface area (Å²) in [6.07, 6.45) is 0. The van der Waals surface area contributed by atoms with Crippen LogP contribution in [0.4, 0.5) is 0 Å². The van der Waals surface area contributed by atoms with Crippen molar-refractivity contribution in [1.29, 1.82) is 0 Å². The number of methoxy groups -OCH3 is 1. The normalized spacial score (nSPS) is 11.4. The first kappa shape index (κ1) is 16.4. The molecule has 0 spiro atoms. The molecule has 0 amide bonds. The largest absolute Gasteiger partial charge is 0.464 e. The smallest absolute Gasteiger partial charge is 0.356 e. The molecule has 0 bridgehead atoms. The Morgan fingerprint density at radius 2 is 1.82 bits per heavy atom. The van der Waals surface area contributed by atoms with E-state index >= 15 is 0 Å². The van der Waals surface area contributed by atoms with Gasteiger partial charge in [0.25, 0.3) is 0 Å². The average molecular weight is 367 g/mol. The molecular weight excluding hydrogens is 350 g/mol. The lowest BCUT2D eigenvalue weighted by atomic mass is 10.1. The zero-order valence-corrected chi connectivity index (χ0v) is 15.5. The first-order chi connectivity index (χ1) is 13.6. The standard InChI is InChI=1S/C23H17N3O2/c1-13-7-9-18-15(11-13)16-12-20(23(27)28-2)26-22(21(16)25-18)19-10-8-14-5-3-4-6-17(14)24-19/h3-12,25H,1-2H3. The molecule has 0 atom stereocenters. The molecule has 28 heavy (non-hydrogen) atoms. The predicted molar refractivity (Wildman–Crippen MR) is 110 cm³/mol. The van der Waals surface area contributed by atoms with Gasteiger partial charge in [-0.2, -0.15) is 0 Å². The number of H-pyrrole nitrogens is 1. The maximum Gasteiger partial charge on any atom is 0.356 e. The number of nitrogens with one attached hydrogen (secondary N) is 1. The topological polar surface area (TPSA) is 67.9 Å². The molecule has 0 saturated carbocycles. The van der Waals surface area contributed by atoms with Crippen molar-refractivity contribution >= 4 is 38.7 Å². The van der Waals surface area contributed by atoms with Crippen LogP contribution in [0.5, 0.6) is 0 Å². The second-order valence-electron chi connectivity index (χ2n) is 6.83. The molecule has 0 fully saturated rings. The van der Waals surface area contributed by atoms with Crippen molar-refractivity contribution in [1.82, 2.24) is 15.0 Å². The minimum atomic E-state index is -0.467. The van der Waals surface area contributed by atoms with E-state index in [1.165, 1.54) is 7.11 Å². The zero-order chi connectivity index (χ0) is 19.3. The fourth-order valence-electron chi connectivity index (χ4n) is 3.60. The zero-order valence-electron chi connectivity index (χ0n) is 15.5. The molecule has 5 rings (SSSR count). The summed E-state index contributed by atoms with van der Waals surface area (Å²) in [5.74, 6) is -0.467. The quantitative estimate of drug-likeness (QED) is 0.445. The molecule has 136 valence electrons. The molecule has 2 aromatic carbocycles. The second-order valence-corrected chi connectivity index (χ2v) is 6.83. The van der Waals surface area contributed by atoms with Gasteiger partial charge in [0, 0.05) is 21.7 Å². The number of aromatic amines is 1. The number of carbonyl (C=O) groups excluding carboxylic acids is 1. The lowest BCUT2D eigenvalue weighted by molar-refractivity contribution is 0.0594. The number of fused-ring (bicyclic) bond motifs is 4. The molecule has 1 N–H and O–H groups in total. The maximum absolute atomic E-state index is 12.3. The number of para-hydroxylation sites is 1. The number of benzene rings is 2. The van der Waals surface area contributed by atoms with Gasteiger partial charge in [-0.1, -0.05) is 35.9 Å². The Hall–Kier alpha value is -3.73. The van der Waals surface area contributed by atoms with Crippen molar-refractivity contribution < 1.29 is 9.53 Å². The van der Waals surface area contributed by atoms with E-state index in [2.05, 4.69) is 22.1 Å². The fraction of sp³-hybridized carbons (Fsp3) is 0.0870. The summed E-state index contributed by atoms with van der Waals surface area (Å²) in [6.45, 7) is 2.05. The van der Waals surface area contributed by atoms with Crippen LogP contribution in [0.1, 0.15) is 16.1 Å². The Balaban J connectivity index is 1.87. The van der Waals surface area contributed by atoms with Crippen LogP contribution in [0, 0.1) is 6.92 Å². The number of carbonyl (C=O) groups is 1. The molecule has 0 aliphatic heterocycles. The Kier molecular flexibility index (Phi) is 3.62. The second kappa shape index (κ2) is 6.16. The number of esters is 1. The number of pyridine rings is 2. The average Bonchev–Trinajstić information content (AvgIpc) is 3.10. The van der Waals surface area contributed by atoms with Crippen molar-refractivity contribution in [3.63, 3.8) is 0 Å². The van der Waals surface area contributed by atoms with Crippen LogP contribution in [-0.2, 0) is 4.74 Å². The van der Waals surface area contributed by atoms with Gasteiger partial charge in [-0.3, -0.25) is 0 Å².